The second-order valence-corrected chi connectivity index (χ2v) is 5.73. The van der Waals surface area contributed by atoms with Gasteiger partial charge in [0.2, 0.25) is 5.82 Å². The number of halogens is 1. The van der Waals surface area contributed by atoms with Gasteiger partial charge in [-0.15, -0.1) is 11.3 Å². The van der Waals surface area contributed by atoms with Gasteiger partial charge in [-0.05, 0) is 23.6 Å². The number of ether oxygens (including phenoxy) is 2. The monoisotopic (exact) mass is 350 g/mol. The van der Waals surface area contributed by atoms with Gasteiger partial charge < -0.3 is 14.0 Å². The van der Waals surface area contributed by atoms with Crippen LogP contribution in [0.25, 0.3) is 10.8 Å². The number of thiophene rings is 1. The second-order valence-electron chi connectivity index (χ2n) is 4.37. The van der Waals surface area contributed by atoms with E-state index in [1.165, 1.54) is 11.3 Å². The van der Waals surface area contributed by atoms with E-state index in [0.29, 0.717) is 22.5 Å². The molecule has 0 unspecified atom stereocenters. The summed E-state index contributed by atoms with van der Waals surface area (Å²) in [5, 5.41) is 6.10. The van der Waals surface area contributed by atoms with E-state index in [1.807, 2.05) is 17.5 Å². The first-order valence-electron chi connectivity index (χ1n) is 6.62. The fourth-order valence-corrected chi connectivity index (χ4v) is 2.53. The lowest BCUT2D eigenvalue weighted by atomic mass is 10.3. The summed E-state index contributed by atoms with van der Waals surface area (Å²) in [5.41, 5.74) is 0. The van der Waals surface area contributed by atoms with Crippen molar-refractivity contribution in [2.45, 2.75) is 6.61 Å². The van der Waals surface area contributed by atoms with Crippen LogP contribution in [0.1, 0.15) is 5.82 Å². The molecule has 2 aromatic heterocycles. The molecule has 0 aliphatic rings. The Morgan fingerprint density at radius 2 is 2.13 bits per heavy atom. The smallest absolute Gasteiger partial charge is 0.344 e. The van der Waals surface area contributed by atoms with E-state index in [9.17, 15) is 4.79 Å². The number of nitrogens with zero attached hydrogens (tertiary/aromatic N) is 2. The van der Waals surface area contributed by atoms with Gasteiger partial charge in [0.15, 0.2) is 13.2 Å². The van der Waals surface area contributed by atoms with Crippen molar-refractivity contribution >= 4 is 28.9 Å². The maximum absolute atomic E-state index is 11.7. The number of para-hydroxylation sites is 1. The Kier molecular flexibility index (Phi) is 4.89. The zero-order valence-electron chi connectivity index (χ0n) is 11.8. The van der Waals surface area contributed by atoms with Crippen molar-refractivity contribution < 1.29 is 18.8 Å². The van der Waals surface area contributed by atoms with Crippen LogP contribution in [0.5, 0.6) is 5.75 Å². The summed E-state index contributed by atoms with van der Waals surface area (Å²) in [7, 11) is 0. The van der Waals surface area contributed by atoms with Crippen LogP contribution in [0.3, 0.4) is 0 Å². The molecule has 118 valence electrons. The highest BCUT2D eigenvalue weighted by atomic mass is 35.5. The van der Waals surface area contributed by atoms with E-state index in [-0.39, 0.29) is 13.2 Å². The van der Waals surface area contributed by atoms with E-state index in [4.69, 9.17) is 25.6 Å². The topological polar surface area (TPSA) is 74.5 Å². The van der Waals surface area contributed by atoms with E-state index in [0.717, 1.165) is 4.88 Å². The van der Waals surface area contributed by atoms with E-state index in [2.05, 4.69) is 10.1 Å². The summed E-state index contributed by atoms with van der Waals surface area (Å²) in [4.78, 5) is 16.7. The molecule has 0 radical (unpaired) electrons. The summed E-state index contributed by atoms with van der Waals surface area (Å²) in [6.45, 7) is -0.334. The summed E-state index contributed by atoms with van der Waals surface area (Å²) >= 11 is 7.41. The highest BCUT2D eigenvalue weighted by molar-refractivity contribution is 7.13. The molecule has 1 aromatic carbocycles. The Hall–Kier alpha value is -2.38. The molecular weight excluding hydrogens is 340 g/mol. The van der Waals surface area contributed by atoms with Crippen LogP contribution >= 0.6 is 22.9 Å². The zero-order valence-corrected chi connectivity index (χ0v) is 13.3. The maximum Gasteiger partial charge on any atom is 0.344 e. The molecule has 0 aliphatic heterocycles. The third-order valence-electron chi connectivity index (χ3n) is 2.74. The molecule has 6 nitrogen and oxygen atoms in total. The number of carbonyl (C=O) groups is 1. The number of hydrogen-bond donors (Lipinski definition) is 0. The third-order valence-corrected chi connectivity index (χ3v) is 3.91. The van der Waals surface area contributed by atoms with Crippen LogP contribution in [-0.2, 0) is 16.1 Å². The highest BCUT2D eigenvalue weighted by Crippen LogP contribution is 2.23. The van der Waals surface area contributed by atoms with Gasteiger partial charge >= 0.3 is 5.97 Å². The first kappa shape index (κ1) is 15.5. The van der Waals surface area contributed by atoms with Crippen molar-refractivity contribution in [2.75, 3.05) is 6.61 Å². The summed E-state index contributed by atoms with van der Waals surface area (Å²) in [5.74, 6) is 0.566. The Balaban J connectivity index is 1.49. The Labute approximate surface area is 140 Å². The number of benzene rings is 1. The lowest BCUT2D eigenvalue weighted by Gasteiger charge is -2.06. The Bertz CT molecular complexity index is 788. The van der Waals surface area contributed by atoms with E-state index in [1.54, 1.807) is 24.3 Å². The minimum absolute atomic E-state index is 0.0837. The molecule has 0 aliphatic carbocycles. The predicted octanol–water partition coefficient (Wildman–Crippen LogP) is 3.57. The molecule has 0 fully saturated rings. The fourth-order valence-electron chi connectivity index (χ4n) is 1.70. The first-order chi connectivity index (χ1) is 11.2. The van der Waals surface area contributed by atoms with Gasteiger partial charge in [-0.1, -0.05) is 35.0 Å². The van der Waals surface area contributed by atoms with Crippen LogP contribution in [0.15, 0.2) is 46.3 Å². The van der Waals surface area contributed by atoms with Crippen molar-refractivity contribution in [3.63, 3.8) is 0 Å². The van der Waals surface area contributed by atoms with Crippen LogP contribution < -0.4 is 4.74 Å². The molecule has 0 N–H and O–H groups in total. The summed E-state index contributed by atoms with van der Waals surface area (Å²) < 4.78 is 15.4. The molecule has 2 heterocycles. The summed E-state index contributed by atoms with van der Waals surface area (Å²) in [6.07, 6.45) is 0. The normalized spacial score (nSPS) is 10.5. The molecule has 0 spiro atoms. The minimum Gasteiger partial charge on any atom is -0.480 e. The largest absolute Gasteiger partial charge is 0.480 e. The van der Waals surface area contributed by atoms with Crippen molar-refractivity contribution in [2.24, 2.45) is 0 Å². The maximum atomic E-state index is 11.7. The third kappa shape index (κ3) is 4.08. The molecule has 0 atom stereocenters. The molecule has 0 amide bonds. The quantitative estimate of drug-likeness (QED) is 0.633. The number of esters is 1. The molecule has 0 bridgehead atoms. The van der Waals surface area contributed by atoms with Gasteiger partial charge in [-0.3, -0.25) is 0 Å². The second kappa shape index (κ2) is 7.26. The zero-order chi connectivity index (χ0) is 16.1. The average Bonchev–Trinajstić information content (AvgIpc) is 3.23. The molecule has 0 saturated carbocycles. The predicted molar refractivity (Wildman–Crippen MR) is 84.4 cm³/mol. The Morgan fingerprint density at radius 1 is 1.26 bits per heavy atom. The Morgan fingerprint density at radius 3 is 2.91 bits per heavy atom. The first-order valence-corrected chi connectivity index (χ1v) is 7.87. The SMILES string of the molecule is O=C(COc1ccccc1Cl)OCc1noc(-c2cccs2)n1. The minimum atomic E-state index is -0.549. The van der Waals surface area contributed by atoms with Crippen LogP contribution in [0.4, 0.5) is 0 Å². The van der Waals surface area contributed by atoms with Crippen molar-refractivity contribution in [1.82, 2.24) is 10.1 Å². The van der Waals surface area contributed by atoms with Gasteiger partial charge in [0.1, 0.15) is 5.75 Å². The van der Waals surface area contributed by atoms with Gasteiger partial charge in [0.25, 0.3) is 5.89 Å². The molecule has 8 heteroatoms. The van der Waals surface area contributed by atoms with Gasteiger partial charge in [-0.2, -0.15) is 4.98 Å². The molecule has 3 aromatic rings. The standard InChI is InChI=1S/C15H11ClN2O4S/c16-10-4-1-2-5-11(10)20-9-14(19)21-8-13-17-15(22-18-13)12-6-3-7-23-12/h1-7H,8-9H2. The highest BCUT2D eigenvalue weighted by Gasteiger charge is 2.12. The number of aromatic nitrogens is 2. The van der Waals surface area contributed by atoms with Crippen molar-refractivity contribution in [1.29, 1.82) is 0 Å². The van der Waals surface area contributed by atoms with E-state index >= 15 is 0 Å². The van der Waals surface area contributed by atoms with Gasteiger partial charge in [0, 0.05) is 0 Å². The van der Waals surface area contributed by atoms with Crippen molar-refractivity contribution in [3.8, 4) is 16.5 Å². The molecular formula is C15H11ClN2O4S. The number of rotatable bonds is 6. The molecule has 0 saturated heterocycles. The molecule has 3 rings (SSSR count). The van der Waals surface area contributed by atoms with Crippen molar-refractivity contribution in [3.05, 3.63) is 52.6 Å². The number of carbonyl (C=O) groups excluding carboxylic acids is 1. The lowest BCUT2D eigenvalue weighted by molar-refractivity contribution is -0.147. The number of hydrogen-bond acceptors (Lipinski definition) is 7. The lowest BCUT2D eigenvalue weighted by Crippen LogP contribution is -2.15. The fraction of sp³-hybridized carbons (Fsp3) is 0.133. The van der Waals surface area contributed by atoms with E-state index < -0.39 is 5.97 Å². The molecule has 23 heavy (non-hydrogen) atoms. The van der Waals surface area contributed by atoms with Gasteiger partial charge in [-0.25, -0.2) is 4.79 Å². The average molecular weight is 351 g/mol. The van der Waals surface area contributed by atoms with Gasteiger partial charge in [0.05, 0.1) is 9.90 Å². The van der Waals surface area contributed by atoms with Crippen LogP contribution in [0.2, 0.25) is 5.02 Å². The van der Waals surface area contributed by atoms with Crippen LogP contribution in [-0.4, -0.2) is 22.7 Å². The van der Waals surface area contributed by atoms with Crippen LogP contribution in [0, 0.1) is 0 Å². The summed E-state index contributed by atoms with van der Waals surface area (Å²) in [6, 6.07) is 10.6.